The maximum absolute atomic E-state index is 12.0. The fourth-order valence-corrected chi connectivity index (χ4v) is 2.32. The second-order valence-electron chi connectivity index (χ2n) is 4.78. The van der Waals surface area contributed by atoms with Crippen molar-refractivity contribution in [1.82, 2.24) is 4.90 Å². The summed E-state index contributed by atoms with van der Waals surface area (Å²) in [5.41, 5.74) is 2.07. The highest BCUT2D eigenvalue weighted by atomic mass is 16.4. The van der Waals surface area contributed by atoms with Gasteiger partial charge in [-0.2, -0.15) is 0 Å². The van der Waals surface area contributed by atoms with Gasteiger partial charge < -0.3 is 10.0 Å². The van der Waals surface area contributed by atoms with Gasteiger partial charge >= 0.3 is 5.97 Å². The number of likely N-dealkylation sites (tertiary alicyclic amines) is 1. The van der Waals surface area contributed by atoms with Gasteiger partial charge in [0.05, 0.1) is 0 Å². The van der Waals surface area contributed by atoms with E-state index in [0.29, 0.717) is 13.0 Å². The first-order valence-corrected chi connectivity index (χ1v) is 6.36. The smallest absolute Gasteiger partial charge is 0.326 e. The lowest BCUT2D eigenvalue weighted by molar-refractivity contribution is -0.146. The molecule has 1 aromatic rings. The normalized spacial score (nSPS) is 19.0. The Balaban J connectivity index is 2.06. The number of aliphatic carboxylic acids is 1. The zero-order valence-electron chi connectivity index (χ0n) is 10.9. The summed E-state index contributed by atoms with van der Waals surface area (Å²) < 4.78 is 0. The summed E-state index contributed by atoms with van der Waals surface area (Å²) in [7, 11) is 0. The summed E-state index contributed by atoms with van der Waals surface area (Å²) in [5.74, 6) is -1.15. The largest absolute Gasteiger partial charge is 0.480 e. The number of carboxylic acids is 1. The maximum Gasteiger partial charge on any atom is 0.326 e. The van der Waals surface area contributed by atoms with Crippen molar-refractivity contribution in [3.63, 3.8) is 0 Å². The Kier molecular flexibility index (Phi) is 4.00. The van der Waals surface area contributed by atoms with Crippen molar-refractivity contribution in [1.29, 1.82) is 0 Å². The molecule has 0 saturated carbocycles. The number of aryl methyl sites for hydroxylation is 1. The minimum Gasteiger partial charge on any atom is -0.480 e. The van der Waals surface area contributed by atoms with Gasteiger partial charge in [-0.3, -0.25) is 4.79 Å². The van der Waals surface area contributed by atoms with E-state index in [-0.39, 0.29) is 5.91 Å². The Bertz CT molecular complexity index is 522. The van der Waals surface area contributed by atoms with E-state index in [2.05, 4.69) is 0 Å². The number of carbonyl (C=O) groups is 2. The summed E-state index contributed by atoms with van der Waals surface area (Å²) in [5, 5.41) is 9.04. The fourth-order valence-electron chi connectivity index (χ4n) is 2.32. The Morgan fingerprint density at radius 3 is 2.89 bits per heavy atom. The first-order chi connectivity index (χ1) is 9.08. The molecule has 1 N–H and O–H groups in total. The van der Waals surface area contributed by atoms with Crippen LogP contribution in [0.3, 0.4) is 0 Å². The third kappa shape index (κ3) is 3.22. The number of hydrogen-bond acceptors (Lipinski definition) is 2. The van der Waals surface area contributed by atoms with Crippen molar-refractivity contribution in [3.05, 3.63) is 41.5 Å². The van der Waals surface area contributed by atoms with Crippen LogP contribution in [0, 0.1) is 6.92 Å². The monoisotopic (exact) mass is 259 g/mol. The van der Waals surface area contributed by atoms with Crippen molar-refractivity contribution in [2.24, 2.45) is 0 Å². The predicted molar refractivity (Wildman–Crippen MR) is 72.6 cm³/mol. The lowest BCUT2D eigenvalue weighted by Gasteiger charge is -2.19. The molecule has 0 unspecified atom stereocenters. The molecule has 0 radical (unpaired) electrons. The van der Waals surface area contributed by atoms with Crippen molar-refractivity contribution < 1.29 is 14.7 Å². The zero-order chi connectivity index (χ0) is 13.8. The SMILES string of the molecule is Cc1cccc(/C=C/C(=O)N2CCC[C@H]2C(=O)O)c1. The summed E-state index contributed by atoms with van der Waals surface area (Å²) in [6.45, 7) is 2.51. The number of carboxylic acid groups (broad SMARTS) is 1. The van der Waals surface area contributed by atoms with Crippen molar-refractivity contribution in [2.45, 2.75) is 25.8 Å². The molecule has 4 heteroatoms. The number of benzene rings is 1. The Hall–Kier alpha value is -2.10. The summed E-state index contributed by atoms with van der Waals surface area (Å²) in [6, 6.07) is 7.13. The van der Waals surface area contributed by atoms with Gasteiger partial charge in [-0.25, -0.2) is 4.79 Å². The molecular formula is C15H17NO3. The third-order valence-electron chi connectivity index (χ3n) is 3.28. The molecule has 1 aliphatic heterocycles. The molecule has 0 bridgehead atoms. The number of carbonyl (C=O) groups excluding carboxylic acids is 1. The van der Waals surface area contributed by atoms with Crippen LogP contribution in [-0.4, -0.2) is 34.5 Å². The minimum absolute atomic E-state index is 0.230. The number of amides is 1. The van der Waals surface area contributed by atoms with E-state index >= 15 is 0 Å². The van der Waals surface area contributed by atoms with Gasteiger partial charge in [-0.15, -0.1) is 0 Å². The van der Waals surface area contributed by atoms with Crippen LogP contribution in [0.1, 0.15) is 24.0 Å². The highest BCUT2D eigenvalue weighted by Crippen LogP contribution is 2.18. The summed E-state index contributed by atoms with van der Waals surface area (Å²) >= 11 is 0. The topological polar surface area (TPSA) is 57.6 Å². The lowest BCUT2D eigenvalue weighted by atomic mass is 10.1. The highest BCUT2D eigenvalue weighted by Gasteiger charge is 2.32. The molecule has 0 aliphatic carbocycles. The molecule has 0 aromatic heterocycles. The summed E-state index contributed by atoms with van der Waals surface area (Å²) in [4.78, 5) is 24.4. The van der Waals surface area contributed by atoms with E-state index in [1.807, 2.05) is 31.2 Å². The number of nitrogens with zero attached hydrogens (tertiary/aromatic N) is 1. The lowest BCUT2D eigenvalue weighted by Crippen LogP contribution is -2.39. The molecule has 4 nitrogen and oxygen atoms in total. The fraction of sp³-hybridized carbons (Fsp3) is 0.333. The minimum atomic E-state index is -0.921. The van der Waals surface area contributed by atoms with E-state index in [0.717, 1.165) is 17.5 Å². The molecule has 1 aliphatic rings. The van der Waals surface area contributed by atoms with E-state index < -0.39 is 12.0 Å². The van der Waals surface area contributed by atoms with E-state index in [9.17, 15) is 9.59 Å². The second-order valence-corrected chi connectivity index (χ2v) is 4.78. The molecule has 0 spiro atoms. The first kappa shape index (κ1) is 13.3. The predicted octanol–water partition coefficient (Wildman–Crippen LogP) is 2.08. The molecular weight excluding hydrogens is 242 g/mol. The quantitative estimate of drug-likeness (QED) is 0.845. The van der Waals surface area contributed by atoms with E-state index in [4.69, 9.17) is 5.11 Å². The van der Waals surface area contributed by atoms with Gasteiger partial charge in [-0.1, -0.05) is 29.8 Å². The average molecular weight is 259 g/mol. The summed E-state index contributed by atoms with van der Waals surface area (Å²) in [6.07, 6.45) is 4.48. The van der Waals surface area contributed by atoms with Crippen LogP contribution in [0.5, 0.6) is 0 Å². The van der Waals surface area contributed by atoms with Crippen LogP contribution in [-0.2, 0) is 9.59 Å². The standard InChI is InChI=1S/C15H17NO3/c1-11-4-2-5-12(10-11)7-8-14(17)16-9-3-6-13(16)15(18)19/h2,4-5,7-8,10,13H,3,6,9H2,1H3,(H,18,19)/b8-7+/t13-/m0/s1. The van der Waals surface area contributed by atoms with E-state index in [1.54, 1.807) is 6.08 Å². The second kappa shape index (κ2) is 5.69. The van der Waals surface area contributed by atoms with Crippen molar-refractivity contribution >= 4 is 18.0 Å². The Labute approximate surface area is 112 Å². The van der Waals surface area contributed by atoms with Gasteiger partial charge in [0.1, 0.15) is 6.04 Å². The number of rotatable bonds is 3. The van der Waals surface area contributed by atoms with Crippen LogP contribution in [0.25, 0.3) is 6.08 Å². The molecule has 19 heavy (non-hydrogen) atoms. The molecule has 1 amide bonds. The molecule has 100 valence electrons. The molecule has 2 rings (SSSR count). The molecule has 1 heterocycles. The first-order valence-electron chi connectivity index (χ1n) is 6.36. The number of hydrogen-bond donors (Lipinski definition) is 1. The van der Waals surface area contributed by atoms with Crippen LogP contribution in [0.4, 0.5) is 0 Å². The Morgan fingerprint density at radius 2 is 2.21 bits per heavy atom. The van der Waals surface area contributed by atoms with Crippen LogP contribution < -0.4 is 0 Å². The maximum atomic E-state index is 12.0. The van der Waals surface area contributed by atoms with Gasteiger partial charge in [-0.05, 0) is 31.4 Å². The Morgan fingerprint density at radius 1 is 1.42 bits per heavy atom. The van der Waals surface area contributed by atoms with Gasteiger partial charge in [0.2, 0.25) is 5.91 Å². The van der Waals surface area contributed by atoms with Crippen LogP contribution in [0.15, 0.2) is 30.3 Å². The van der Waals surface area contributed by atoms with Crippen LogP contribution >= 0.6 is 0 Å². The average Bonchev–Trinajstić information content (AvgIpc) is 2.85. The van der Waals surface area contributed by atoms with E-state index in [1.165, 1.54) is 11.0 Å². The van der Waals surface area contributed by atoms with Gasteiger partial charge in [0.25, 0.3) is 0 Å². The molecule has 1 atom stereocenters. The van der Waals surface area contributed by atoms with Crippen molar-refractivity contribution in [2.75, 3.05) is 6.54 Å². The molecule has 1 saturated heterocycles. The van der Waals surface area contributed by atoms with Crippen molar-refractivity contribution in [3.8, 4) is 0 Å². The molecule has 1 aromatic carbocycles. The highest BCUT2D eigenvalue weighted by molar-refractivity contribution is 5.94. The van der Waals surface area contributed by atoms with Gasteiger partial charge in [0.15, 0.2) is 0 Å². The van der Waals surface area contributed by atoms with Crippen LogP contribution in [0.2, 0.25) is 0 Å². The zero-order valence-corrected chi connectivity index (χ0v) is 10.9. The van der Waals surface area contributed by atoms with Gasteiger partial charge in [0, 0.05) is 12.6 Å². The third-order valence-corrected chi connectivity index (χ3v) is 3.28. The molecule has 1 fully saturated rings.